The van der Waals surface area contributed by atoms with E-state index in [1.807, 2.05) is 0 Å². The number of rotatable bonds is 4. The third-order valence-electron chi connectivity index (χ3n) is 4.49. The van der Waals surface area contributed by atoms with E-state index in [2.05, 4.69) is 10.00 Å². The van der Waals surface area contributed by atoms with Crippen molar-refractivity contribution in [1.82, 2.24) is 19.6 Å². The number of alkyl halides is 3. The Kier molecular flexibility index (Phi) is 5.79. The molecule has 3 rings (SSSR count). The quantitative estimate of drug-likeness (QED) is 0.762. The van der Waals surface area contributed by atoms with Gasteiger partial charge in [0.15, 0.2) is 5.69 Å². The normalized spacial score (nSPS) is 16.4. The summed E-state index contributed by atoms with van der Waals surface area (Å²) in [6.45, 7) is 2.93. The van der Waals surface area contributed by atoms with Gasteiger partial charge in [-0.1, -0.05) is 12.1 Å². The zero-order valence-electron chi connectivity index (χ0n) is 14.6. The van der Waals surface area contributed by atoms with E-state index in [-0.39, 0.29) is 18.3 Å². The van der Waals surface area contributed by atoms with Gasteiger partial charge in [0.25, 0.3) is 0 Å². The van der Waals surface area contributed by atoms with Crippen LogP contribution in [0, 0.1) is 5.82 Å². The van der Waals surface area contributed by atoms with Crippen molar-refractivity contribution in [2.45, 2.75) is 25.7 Å². The van der Waals surface area contributed by atoms with Crippen LogP contribution in [-0.4, -0.2) is 51.7 Å². The standard InChI is InChI=1S/C18H20F4N4O/c19-15-4-2-14(3-5-15)12-24-7-1-8-25(11-10-24)17(27)13-26-9-6-16(23-26)18(20,21)22/h2-6,9H,1,7-8,10-13H2. The van der Waals surface area contributed by atoms with Crippen LogP contribution in [0.3, 0.4) is 0 Å². The molecule has 1 aliphatic heterocycles. The predicted octanol–water partition coefficient (Wildman–Crippen LogP) is 2.78. The van der Waals surface area contributed by atoms with Crippen LogP contribution in [0.25, 0.3) is 0 Å². The van der Waals surface area contributed by atoms with Crippen LogP contribution in [0.1, 0.15) is 17.7 Å². The number of aromatic nitrogens is 2. The summed E-state index contributed by atoms with van der Waals surface area (Å²) < 4.78 is 51.8. The monoisotopic (exact) mass is 384 g/mol. The Labute approximate surface area is 154 Å². The van der Waals surface area contributed by atoms with Crippen molar-refractivity contribution in [3.05, 3.63) is 53.6 Å². The molecule has 146 valence electrons. The molecule has 0 atom stereocenters. The fourth-order valence-corrected chi connectivity index (χ4v) is 3.07. The maximum atomic E-state index is 13.0. The molecule has 0 radical (unpaired) electrons. The van der Waals surface area contributed by atoms with Crippen molar-refractivity contribution in [1.29, 1.82) is 0 Å². The molecule has 27 heavy (non-hydrogen) atoms. The van der Waals surface area contributed by atoms with Crippen LogP contribution in [0.2, 0.25) is 0 Å². The van der Waals surface area contributed by atoms with Crippen molar-refractivity contribution < 1.29 is 22.4 Å². The number of hydrogen-bond acceptors (Lipinski definition) is 3. The van der Waals surface area contributed by atoms with E-state index in [1.54, 1.807) is 17.0 Å². The Morgan fingerprint density at radius 2 is 1.78 bits per heavy atom. The average molecular weight is 384 g/mol. The van der Waals surface area contributed by atoms with Crippen LogP contribution >= 0.6 is 0 Å². The van der Waals surface area contributed by atoms with Crippen LogP contribution in [0.15, 0.2) is 36.5 Å². The lowest BCUT2D eigenvalue weighted by molar-refractivity contribution is -0.142. The molecule has 0 aliphatic carbocycles. The highest BCUT2D eigenvalue weighted by Crippen LogP contribution is 2.27. The minimum atomic E-state index is -4.52. The van der Waals surface area contributed by atoms with Gasteiger partial charge in [-0.05, 0) is 30.2 Å². The summed E-state index contributed by atoms with van der Waals surface area (Å²) in [5, 5.41) is 3.42. The average Bonchev–Trinajstić information content (AvgIpc) is 2.96. The molecule has 5 nitrogen and oxygen atoms in total. The van der Waals surface area contributed by atoms with Gasteiger partial charge in [-0.3, -0.25) is 14.4 Å². The second-order valence-electron chi connectivity index (χ2n) is 6.53. The molecule has 1 aromatic heterocycles. The fraction of sp³-hybridized carbons (Fsp3) is 0.444. The maximum absolute atomic E-state index is 13.0. The Morgan fingerprint density at radius 1 is 1.04 bits per heavy atom. The highest BCUT2D eigenvalue weighted by molar-refractivity contribution is 5.75. The minimum Gasteiger partial charge on any atom is -0.340 e. The second-order valence-corrected chi connectivity index (χ2v) is 6.53. The minimum absolute atomic E-state index is 0.214. The number of hydrogen-bond donors (Lipinski definition) is 0. The summed E-state index contributed by atoms with van der Waals surface area (Å²) >= 11 is 0. The van der Waals surface area contributed by atoms with Gasteiger partial charge in [-0.15, -0.1) is 0 Å². The van der Waals surface area contributed by atoms with Gasteiger partial charge >= 0.3 is 6.18 Å². The lowest BCUT2D eigenvalue weighted by atomic mass is 10.2. The van der Waals surface area contributed by atoms with Gasteiger partial charge in [0.1, 0.15) is 12.4 Å². The van der Waals surface area contributed by atoms with Crippen molar-refractivity contribution in [3.8, 4) is 0 Å². The molecule has 1 saturated heterocycles. The Balaban J connectivity index is 1.53. The molecule has 0 saturated carbocycles. The SMILES string of the molecule is O=C(Cn1ccc(C(F)(F)F)n1)N1CCCN(Cc2ccc(F)cc2)CC1. The van der Waals surface area contributed by atoms with Gasteiger partial charge in [0.05, 0.1) is 0 Å². The largest absolute Gasteiger partial charge is 0.435 e. The molecule has 1 aromatic carbocycles. The predicted molar refractivity (Wildman–Crippen MR) is 90.1 cm³/mol. The van der Waals surface area contributed by atoms with E-state index < -0.39 is 11.9 Å². The smallest absolute Gasteiger partial charge is 0.340 e. The Morgan fingerprint density at radius 3 is 2.44 bits per heavy atom. The third kappa shape index (κ3) is 5.29. The number of nitrogens with zero attached hydrogens (tertiary/aromatic N) is 4. The van der Waals surface area contributed by atoms with Crippen LogP contribution < -0.4 is 0 Å². The fourth-order valence-electron chi connectivity index (χ4n) is 3.07. The molecule has 9 heteroatoms. The number of carbonyl (C=O) groups is 1. The summed E-state index contributed by atoms with van der Waals surface area (Å²) in [4.78, 5) is 16.2. The van der Waals surface area contributed by atoms with E-state index >= 15 is 0 Å². The topological polar surface area (TPSA) is 41.4 Å². The van der Waals surface area contributed by atoms with E-state index in [0.717, 1.165) is 29.3 Å². The van der Waals surface area contributed by atoms with E-state index in [1.165, 1.54) is 18.3 Å². The molecular weight excluding hydrogens is 364 g/mol. The van der Waals surface area contributed by atoms with Crippen molar-refractivity contribution in [2.75, 3.05) is 26.2 Å². The molecule has 0 unspecified atom stereocenters. The van der Waals surface area contributed by atoms with Gasteiger partial charge in [-0.25, -0.2) is 4.39 Å². The van der Waals surface area contributed by atoms with Gasteiger partial charge in [0.2, 0.25) is 5.91 Å². The van der Waals surface area contributed by atoms with Crippen molar-refractivity contribution in [3.63, 3.8) is 0 Å². The lowest BCUT2D eigenvalue weighted by Crippen LogP contribution is -2.37. The molecule has 0 bridgehead atoms. The molecule has 1 aliphatic rings. The van der Waals surface area contributed by atoms with E-state index in [0.29, 0.717) is 26.2 Å². The molecule has 0 N–H and O–H groups in total. The zero-order chi connectivity index (χ0) is 19.4. The molecular formula is C18H20F4N4O. The first kappa shape index (κ1) is 19.3. The maximum Gasteiger partial charge on any atom is 0.435 e. The molecule has 2 aromatic rings. The molecule has 1 amide bonds. The first-order chi connectivity index (χ1) is 12.8. The highest BCUT2D eigenvalue weighted by Gasteiger charge is 2.33. The first-order valence-corrected chi connectivity index (χ1v) is 8.66. The van der Waals surface area contributed by atoms with Crippen molar-refractivity contribution >= 4 is 5.91 Å². The summed E-state index contributed by atoms with van der Waals surface area (Å²) in [5.41, 5.74) is -0.0102. The molecule has 1 fully saturated rings. The first-order valence-electron chi connectivity index (χ1n) is 8.66. The van der Waals surface area contributed by atoms with Crippen LogP contribution in [-0.2, 0) is 24.1 Å². The summed E-state index contributed by atoms with van der Waals surface area (Å²) in [6.07, 6.45) is -2.59. The van der Waals surface area contributed by atoms with E-state index in [4.69, 9.17) is 0 Å². The number of benzene rings is 1. The summed E-state index contributed by atoms with van der Waals surface area (Å²) in [7, 11) is 0. The lowest BCUT2D eigenvalue weighted by Gasteiger charge is -2.22. The van der Waals surface area contributed by atoms with Crippen LogP contribution in [0.4, 0.5) is 17.6 Å². The number of amides is 1. The molecule has 0 spiro atoms. The Hall–Kier alpha value is -2.42. The number of halogens is 4. The summed E-state index contributed by atoms with van der Waals surface area (Å²) in [6, 6.07) is 7.17. The van der Waals surface area contributed by atoms with E-state index in [9.17, 15) is 22.4 Å². The molecule has 2 heterocycles. The van der Waals surface area contributed by atoms with Gasteiger partial charge in [0, 0.05) is 38.9 Å². The summed E-state index contributed by atoms with van der Waals surface area (Å²) in [5.74, 6) is -0.533. The zero-order valence-corrected chi connectivity index (χ0v) is 14.6. The Bertz CT molecular complexity index is 772. The van der Waals surface area contributed by atoms with Crippen LogP contribution in [0.5, 0.6) is 0 Å². The van der Waals surface area contributed by atoms with Gasteiger partial charge < -0.3 is 4.90 Å². The number of carbonyl (C=O) groups excluding carboxylic acids is 1. The highest BCUT2D eigenvalue weighted by atomic mass is 19.4. The van der Waals surface area contributed by atoms with Crippen molar-refractivity contribution in [2.24, 2.45) is 0 Å². The second kappa shape index (κ2) is 8.08. The van der Waals surface area contributed by atoms with Gasteiger partial charge in [-0.2, -0.15) is 18.3 Å². The third-order valence-corrected chi connectivity index (χ3v) is 4.49.